The van der Waals surface area contributed by atoms with Gasteiger partial charge in [0.05, 0.1) is 0 Å². The molecule has 4 N–H and O–H groups in total. The highest BCUT2D eigenvalue weighted by molar-refractivity contribution is 5.95. The van der Waals surface area contributed by atoms with E-state index in [0.29, 0.717) is 11.7 Å². The molecular weight excluding hydrogens is 264 g/mol. The molecule has 4 atom stereocenters. The van der Waals surface area contributed by atoms with Crippen LogP contribution in [0.25, 0.3) is 0 Å². The van der Waals surface area contributed by atoms with Crippen LogP contribution < -0.4 is 11.1 Å². The Morgan fingerprint density at radius 1 is 1.52 bits per heavy atom. The van der Waals surface area contributed by atoms with Crippen LogP contribution in [0.3, 0.4) is 0 Å². The fourth-order valence-corrected chi connectivity index (χ4v) is 4.11. The Bertz CT molecular complexity index is 531. The fraction of sp³-hybridized carbons (Fsp3) is 0.625. The smallest absolute Gasteiger partial charge is 0.188 e. The van der Waals surface area contributed by atoms with Crippen LogP contribution in [-0.2, 0) is 6.54 Å². The maximum absolute atomic E-state index is 8.71. The first-order valence-electron chi connectivity index (χ1n) is 7.83. The van der Waals surface area contributed by atoms with Crippen molar-refractivity contribution in [2.45, 2.75) is 45.2 Å². The second kappa shape index (κ2) is 6.02. The van der Waals surface area contributed by atoms with Crippen molar-refractivity contribution in [1.82, 2.24) is 10.3 Å². The van der Waals surface area contributed by atoms with Crippen molar-refractivity contribution in [1.29, 1.82) is 0 Å². The molecule has 2 aliphatic carbocycles. The van der Waals surface area contributed by atoms with Gasteiger partial charge in [-0.05, 0) is 61.6 Å². The number of amidine groups is 1. The highest BCUT2D eigenvalue weighted by atomic mass is 16.4. The molecule has 0 spiro atoms. The second-order valence-electron chi connectivity index (χ2n) is 6.54. The Labute approximate surface area is 125 Å². The van der Waals surface area contributed by atoms with E-state index in [1.54, 1.807) is 6.20 Å². The Balaban J connectivity index is 1.57. The lowest BCUT2D eigenvalue weighted by Crippen LogP contribution is -2.35. The fourth-order valence-electron chi connectivity index (χ4n) is 4.11. The largest absolute Gasteiger partial charge is 0.409 e. The van der Waals surface area contributed by atoms with E-state index in [0.717, 1.165) is 29.9 Å². The van der Waals surface area contributed by atoms with E-state index in [4.69, 9.17) is 10.9 Å². The van der Waals surface area contributed by atoms with Crippen molar-refractivity contribution < 1.29 is 5.21 Å². The van der Waals surface area contributed by atoms with Gasteiger partial charge in [-0.1, -0.05) is 11.6 Å². The van der Waals surface area contributed by atoms with Crippen molar-refractivity contribution >= 4 is 5.84 Å². The third-order valence-electron chi connectivity index (χ3n) is 5.26. The van der Waals surface area contributed by atoms with E-state index in [1.807, 2.05) is 12.1 Å². The number of hydrogen-bond acceptors (Lipinski definition) is 4. The summed E-state index contributed by atoms with van der Waals surface area (Å²) in [6, 6.07) is 4.38. The zero-order chi connectivity index (χ0) is 14.8. The van der Waals surface area contributed by atoms with E-state index < -0.39 is 0 Å². The highest BCUT2D eigenvalue weighted by Crippen LogP contribution is 2.49. The molecule has 4 unspecified atom stereocenters. The molecule has 21 heavy (non-hydrogen) atoms. The van der Waals surface area contributed by atoms with Gasteiger partial charge >= 0.3 is 0 Å². The summed E-state index contributed by atoms with van der Waals surface area (Å²) in [5.41, 5.74) is 7.21. The number of hydrogen-bond donors (Lipinski definition) is 3. The van der Waals surface area contributed by atoms with Crippen LogP contribution >= 0.6 is 0 Å². The van der Waals surface area contributed by atoms with Gasteiger partial charge in [-0.2, -0.15) is 0 Å². The summed E-state index contributed by atoms with van der Waals surface area (Å²) >= 11 is 0. The van der Waals surface area contributed by atoms with Gasteiger partial charge in [-0.25, -0.2) is 0 Å². The summed E-state index contributed by atoms with van der Waals surface area (Å²) in [4.78, 5) is 4.10. The number of aromatic nitrogens is 1. The van der Waals surface area contributed by atoms with E-state index in [2.05, 4.69) is 22.4 Å². The number of nitrogens with two attached hydrogens (primary N) is 1. The SMILES string of the molecule is CC(NCc1ccnc(C(N)=NO)c1)C1CC2CCC1C2. The van der Waals surface area contributed by atoms with Gasteiger partial charge in [0, 0.05) is 18.8 Å². The molecule has 2 aliphatic rings. The van der Waals surface area contributed by atoms with Crippen LogP contribution in [0.4, 0.5) is 0 Å². The van der Waals surface area contributed by atoms with Crippen molar-refractivity contribution in [3.63, 3.8) is 0 Å². The first-order valence-corrected chi connectivity index (χ1v) is 7.83. The Kier molecular flexibility index (Phi) is 4.10. The van der Waals surface area contributed by atoms with Gasteiger partial charge in [0.1, 0.15) is 5.69 Å². The molecule has 2 saturated carbocycles. The highest BCUT2D eigenvalue weighted by Gasteiger charge is 2.41. The van der Waals surface area contributed by atoms with E-state index in [9.17, 15) is 0 Å². The summed E-state index contributed by atoms with van der Waals surface area (Å²) in [5.74, 6) is 2.80. The molecule has 0 aromatic carbocycles. The number of nitrogens with one attached hydrogen (secondary N) is 1. The second-order valence-corrected chi connectivity index (χ2v) is 6.54. The minimum Gasteiger partial charge on any atom is -0.409 e. The predicted molar refractivity (Wildman–Crippen MR) is 82.0 cm³/mol. The standard InChI is InChI=1S/C16H24N4O/c1-10(14-7-11-2-3-13(14)6-11)19-9-12-4-5-18-15(8-12)16(17)20-21/h4-5,8,10-11,13-14,19,21H,2-3,6-7,9H2,1H3,(H2,17,20). The lowest BCUT2D eigenvalue weighted by atomic mass is 9.84. The lowest BCUT2D eigenvalue weighted by molar-refractivity contribution is 0.259. The molecule has 1 heterocycles. The van der Waals surface area contributed by atoms with Crippen molar-refractivity contribution in [3.8, 4) is 0 Å². The summed E-state index contributed by atoms with van der Waals surface area (Å²) in [7, 11) is 0. The van der Waals surface area contributed by atoms with Crippen LogP contribution in [0, 0.1) is 17.8 Å². The van der Waals surface area contributed by atoms with Gasteiger partial charge in [0.25, 0.3) is 0 Å². The number of oxime groups is 1. The average molecular weight is 288 g/mol. The first-order chi connectivity index (χ1) is 10.2. The maximum atomic E-state index is 8.71. The van der Waals surface area contributed by atoms with Crippen LogP contribution in [-0.4, -0.2) is 22.1 Å². The van der Waals surface area contributed by atoms with E-state index >= 15 is 0 Å². The molecule has 0 amide bonds. The molecule has 1 aromatic rings. The zero-order valence-electron chi connectivity index (χ0n) is 12.5. The average Bonchev–Trinajstić information content (AvgIpc) is 3.15. The molecule has 3 rings (SSSR count). The third kappa shape index (κ3) is 3.02. The van der Waals surface area contributed by atoms with Crippen LogP contribution in [0.15, 0.2) is 23.5 Å². The third-order valence-corrected chi connectivity index (χ3v) is 5.26. The number of pyridine rings is 1. The monoisotopic (exact) mass is 288 g/mol. The van der Waals surface area contributed by atoms with Gasteiger partial charge in [0.2, 0.25) is 0 Å². The van der Waals surface area contributed by atoms with E-state index in [-0.39, 0.29) is 5.84 Å². The summed E-state index contributed by atoms with van der Waals surface area (Å²) in [5, 5.41) is 15.3. The Morgan fingerprint density at radius 3 is 3.05 bits per heavy atom. The minimum absolute atomic E-state index is 0.0537. The molecule has 0 saturated heterocycles. The number of rotatable bonds is 5. The number of fused-ring (bicyclic) bond motifs is 2. The molecule has 2 bridgehead atoms. The molecule has 5 heteroatoms. The van der Waals surface area contributed by atoms with Crippen LogP contribution in [0.2, 0.25) is 0 Å². The van der Waals surface area contributed by atoms with Gasteiger partial charge in [-0.3, -0.25) is 4.98 Å². The molecule has 2 fully saturated rings. The van der Waals surface area contributed by atoms with Gasteiger partial charge < -0.3 is 16.3 Å². The predicted octanol–water partition coefficient (Wildman–Crippen LogP) is 2.09. The van der Waals surface area contributed by atoms with Crippen LogP contribution in [0.1, 0.15) is 43.9 Å². The topological polar surface area (TPSA) is 83.5 Å². The Morgan fingerprint density at radius 2 is 2.38 bits per heavy atom. The maximum Gasteiger partial charge on any atom is 0.188 e. The summed E-state index contributed by atoms with van der Waals surface area (Å²) in [6.07, 6.45) is 7.41. The molecule has 5 nitrogen and oxygen atoms in total. The molecular formula is C16H24N4O. The molecule has 1 aromatic heterocycles. The lowest BCUT2D eigenvalue weighted by Gasteiger charge is -2.28. The quantitative estimate of drug-likeness (QED) is 0.335. The molecule has 0 radical (unpaired) electrons. The normalized spacial score (nSPS) is 29.8. The van der Waals surface area contributed by atoms with Crippen LogP contribution in [0.5, 0.6) is 0 Å². The van der Waals surface area contributed by atoms with E-state index in [1.165, 1.54) is 25.7 Å². The molecule has 114 valence electrons. The summed E-state index contributed by atoms with van der Waals surface area (Å²) < 4.78 is 0. The van der Waals surface area contributed by atoms with Crippen molar-refractivity contribution in [2.24, 2.45) is 28.6 Å². The summed E-state index contributed by atoms with van der Waals surface area (Å²) in [6.45, 7) is 3.10. The van der Waals surface area contributed by atoms with Crippen molar-refractivity contribution in [3.05, 3.63) is 29.6 Å². The zero-order valence-corrected chi connectivity index (χ0v) is 12.5. The first kappa shape index (κ1) is 14.3. The van der Waals surface area contributed by atoms with Gasteiger partial charge in [0.15, 0.2) is 5.84 Å². The van der Waals surface area contributed by atoms with Gasteiger partial charge in [-0.15, -0.1) is 0 Å². The molecule has 0 aliphatic heterocycles. The minimum atomic E-state index is 0.0537. The number of nitrogens with zero attached hydrogens (tertiary/aromatic N) is 2. The van der Waals surface area contributed by atoms with Crippen molar-refractivity contribution in [2.75, 3.05) is 0 Å². The Hall–Kier alpha value is -1.62.